The van der Waals surface area contributed by atoms with Crippen LogP contribution in [0, 0.1) is 0 Å². The second kappa shape index (κ2) is 7.07. The number of hydrogen-bond acceptors (Lipinski definition) is 2. The molecular formula is C15H22ClN2O2+. The van der Waals surface area contributed by atoms with E-state index < -0.39 is 0 Å². The number of amides is 1. The molecule has 5 heteroatoms. The van der Waals surface area contributed by atoms with Gasteiger partial charge in [-0.15, -0.1) is 0 Å². The van der Waals surface area contributed by atoms with Crippen LogP contribution >= 0.6 is 11.6 Å². The van der Waals surface area contributed by atoms with E-state index in [1.165, 1.54) is 4.90 Å². The number of anilines is 1. The highest BCUT2D eigenvalue weighted by Crippen LogP contribution is 2.20. The van der Waals surface area contributed by atoms with E-state index in [0.29, 0.717) is 17.1 Å². The lowest BCUT2D eigenvalue weighted by molar-refractivity contribution is -0.914. The minimum absolute atomic E-state index is 0.0115. The Labute approximate surface area is 125 Å². The quantitative estimate of drug-likeness (QED) is 0.881. The van der Waals surface area contributed by atoms with E-state index in [0.717, 1.165) is 19.6 Å². The van der Waals surface area contributed by atoms with Crippen molar-refractivity contribution in [2.45, 2.75) is 32.5 Å². The van der Waals surface area contributed by atoms with Crippen molar-refractivity contribution in [1.29, 1.82) is 0 Å². The van der Waals surface area contributed by atoms with Gasteiger partial charge in [-0.05, 0) is 26.0 Å². The Morgan fingerprint density at radius 2 is 2.00 bits per heavy atom. The van der Waals surface area contributed by atoms with E-state index in [4.69, 9.17) is 16.3 Å². The van der Waals surface area contributed by atoms with Gasteiger partial charge in [0, 0.05) is 0 Å². The van der Waals surface area contributed by atoms with Crippen LogP contribution in [0.15, 0.2) is 24.3 Å². The first-order valence-electron chi connectivity index (χ1n) is 7.08. The maximum atomic E-state index is 12.0. The van der Waals surface area contributed by atoms with Crippen molar-refractivity contribution in [1.82, 2.24) is 0 Å². The lowest BCUT2D eigenvalue weighted by Crippen LogP contribution is -3.15. The van der Waals surface area contributed by atoms with Gasteiger partial charge in [-0.25, -0.2) is 0 Å². The Morgan fingerprint density at radius 3 is 2.65 bits per heavy atom. The molecule has 2 N–H and O–H groups in total. The molecule has 110 valence electrons. The topological polar surface area (TPSA) is 42.8 Å². The zero-order chi connectivity index (χ0) is 14.5. The second-order valence-corrected chi connectivity index (χ2v) is 5.85. The molecule has 0 aliphatic carbocycles. The third-order valence-electron chi connectivity index (χ3n) is 3.47. The molecule has 1 aromatic rings. The molecular weight excluding hydrogens is 276 g/mol. The van der Waals surface area contributed by atoms with Crippen molar-refractivity contribution in [3.63, 3.8) is 0 Å². The molecule has 3 atom stereocenters. The molecule has 1 aliphatic heterocycles. The van der Waals surface area contributed by atoms with Gasteiger partial charge < -0.3 is 15.0 Å². The summed E-state index contributed by atoms with van der Waals surface area (Å²) in [7, 11) is 0. The molecule has 4 nitrogen and oxygen atoms in total. The average Bonchev–Trinajstić information content (AvgIpc) is 2.38. The van der Waals surface area contributed by atoms with Gasteiger partial charge in [0.25, 0.3) is 0 Å². The summed E-state index contributed by atoms with van der Waals surface area (Å²) in [6.45, 7) is 6.92. The Bertz CT molecular complexity index is 457. The predicted molar refractivity (Wildman–Crippen MR) is 80.3 cm³/mol. The molecule has 1 amide bonds. The third-order valence-corrected chi connectivity index (χ3v) is 3.80. The summed E-state index contributed by atoms with van der Waals surface area (Å²) in [5.74, 6) is 0.0115. The van der Waals surface area contributed by atoms with Crippen LogP contribution in [0.1, 0.15) is 20.3 Å². The number of quaternary nitrogens is 1. The standard InChI is InChI=1S/C15H21ClN2O2/c1-11-9-18(10-12(2)20-11)8-7-15(19)17-14-6-4-3-5-13(14)16/h3-6,11-12H,7-10H2,1-2H3,(H,17,19)/p+1/t11-,12+. The fourth-order valence-corrected chi connectivity index (χ4v) is 2.84. The van der Waals surface area contributed by atoms with Crippen LogP contribution in [0.2, 0.25) is 5.02 Å². The van der Waals surface area contributed by atoms with Crippen LogP contribution in [-0.4, -0.2) is 37.7 Å². The van der Waals surface area contributed by atoms with Gasteiger partial charge in [0.15, 0.2) is 0 Å². The molecule has 1 aromatic carbocycles. The minimum Gasteiger partial charge on any atom is -0.364 e. The Balaban J connectivity index is 1.79. The fourth-order valence-electron chi connectivity index (χ4n) is 2.66. The predicted octanol–water partition coefficient (Wildman–Crippen LogP) is 1.36. The van der Waals surface area contributed by atoms with Crippen molar-refractivity contribution in [3.05, 3.63) is 29.3 Å². The van der Waals surface area contributed by atoms with Gasteiger partial charge in [-0.3, -0.25) is 4.79 Å². The van der Waals surface area contributed by atoms with E-state index in [1.54, 1.807) is 6.07 Å². The molecule has 0 saturated carbocycles. The van der Waals surface area contributed by atoms with Gasteiger partial charge in [0.05, 0.1) is 23.7 Å². The summed E-state index contributed by atoms with van der Waals surface area (Å²) >= 11 is 6.02. The van der Waals surface area contributed by atoms with Crippen molar-refractivity contribution in [3.8, 4) is 0 Å². The maximum absolute atomic E-state index is 12.0. The van der Waals surface area contributed by atoms with E-state index in [2.05, 4.69) is 19.2 Å². The Morgan fingerprint density at radius 1 is 1.35 bits per heavy atom. The van der Waals surface area contributed by atoms with Crippen molar-refractivity contribution < 1.29 is 14.4 Å². The fraction of sp³-hybridized carbons (Fsp3) is 0.533. The molecule has 20 heavy (non-hydrogen) atoms. The zero-order valence-corrected chi connectivity index (χ0v) is 12.7. The SMILES string of the molecule is C[C@@H]1C[NH+](CCC(=O)Nc2ccccc2Cl)C[C@H](C)O1. The number of morpholine rings is 1. The second-order valence-electron chi connectivity index (χ2n) is 5.44. The van der Waals surface area contributed by atoms with Crippen LogP contribution in [0.25, 0.3) is 0 Å². The summed E-state index contributed by atoms with van der Waals surface area (Å²) in [4.78, 5) is 13.4. The lowest BCUT2D eigenvalue weighted by atomic mass is 10.2. The Kier molecular flexibility index (Phi) is 5.40. The molecule has 0 spiro atoms. The van der Waals surface area contributed by atoms with Gasteiger partial charge in [0.1, 0.15) is 25.3 Å². The van der Waals surface area contributed by atoms with Gasteiger partial charge in [0.2, 0.25) is 5.91 Å². The van der Waals surface area contributed by atoms with Crippen LogP contribution in [-0.2, 0) is 9.53 Å². The molecule has 0 bridgehead atoms. The van der Waals surface area contributed by atoms with Crippen LogP contribution in [0.5, 0.6) is 0 Å². The summed E-state index contributed by atoms with van der Waals surface area (Å²) < 4.78 is 5.70. The molecule has 1 saturated heterocycles. The number of ether oxygens (including phenoxy) is 1. The van der Waals surface area contributed by atoms with Gasteiger partial charge in [-0.1, -0.05) is 23.7 Å². The summed E-state index contributed by atoms with van der Waals surface area (Å²) in [5.41, 5.74) is 0.679. The number of hydrogen-bond donors (Lipinski definition) is 2. The lowest BCUT2D eigenvalue weighted by Gasteiger charge is -2.32. The number of rotatable bonds is 4. The Hall–Kier alpha value is -1.10. The normalized spacial score (nSPS) is 26.2. The first-order valence-corrected chi connectivity index (χ1v) is 7.46. The number of carbonyl (C=O) groups excluding carboxylic acids is 1. The first-order chi connectivity index (χ1) is 9.54. The highest BCUT2D eigenvalue weighted by atomic mass is 35.5. The molecule has 0 radical (unpaired) electrons. The van der Waals surface area contributed by atoms with E-state index >= 15 is 0 Å². The van der Waals surface area contributed by atoms with Crippen LogP contribution in [0.3, 0.4) is 0 Å². The van der Waals surface area contributed by atoms with E-state index in [9.17, 15) is 4.79 Å². The van der Waals surface area contributed by atoms with Crippen LogP contribution in [0.4, 0.5) is 5.69 Å². The van der Waals surface area contributed by atoms with Crippen LogP contribution < -0.4 is 10.2 Å². The van der Waals surface area contributed by atoms with Crippen molar-refractivity contribution in [2.24, 2.45) is 0 Å². The highest BCUT2D eigenvalue weighted by molar-refractivity contribution is 6.33. The van der Waals surface area contributed by atoms with E-state index in [-0.39, 0.29) is 18.1 Å². The minimum atomic E-state index is 0.0115. The van der Waals surface area contributed by atoms with Crippen molar-refractivity contribution >= 4 is 23.2 Å². The number of para-hydroxylation sites is 1. The summed E-state index contributed by atoms with van der Waals surface area (Å²) in [6, 6.07) is 7.29. The number of carbonyl (C=O) groups is 1. The van der Waals surface area contributed by atoms with Gasteiger partial charge >= 0.3 is 0 Å². The molecule has 1 unspecified atom stereocenters. The monoisotopic (exact) mass is 297 g/mol. The number of benzene rings is 1. The van der Waals surface area contributed by atoms with Gasteiger partial charge in [-0.2, -0.15) is 0 Å². The molecule has 1 aliphatic rings. The summed E-state index contributed by atoms with van der Waals surface area (Å²) in [5, 5.41) is 3.43. The molecule has 1 fully saturated rings. The largest absolute Gasteiger partial charge is 0.364 e. The third kappa shape index (κ3) is 4.47. The summed E-state index contributed by atoms with van der Waals surface area (Å²) in [6.07, 6.45) is 1.03. The first kappa shape index (κ1) is 15.3. The number of halogens is 1. The molecule has 1 heterocycles. The average molecular weight is 298 g/mol. The molecule has 2 rings (SSSR count). The van der Waals surface area contributed by atoms with E-state index in [1.807, 2.05) is 18.2 Å². The maximum Gasteiger partial charge on any atom is 0.230 e. The van der Waals surface area contributed by atoms with Crippen molar-refractivity contribution in [2.75, 3.05) is 25.0 Å². The highest BCUT2D eigenvalue weighted by Gasteiger charge is 2.25. The zero-order valence-electron chi connectivity index (χ0n) is 12.0. The number of nitrogens with one attached hydrogen (secondary N) is 2. The smallest absolute Gasteiger partial charge is 0.230 e. The molecule has 0 aromatic heterocycles.